The summed E-state index contributed by atoms with van der Waals surface area (Å²) < 4.78 is 5.16. The van der Waals surface area contributed by atoms with Gasteiger partial charge in [0.1, 0.15) is 0 Å². The fraction of sp³-hybridized carbons (Fsp3) is 0.429. The van der Waals surface area contributed by atoms with Crippen LogP contribution in [0.15, 0.2) is 35.1 Å². The summed E-state index contributed by atoms with van der Waals surface area (Å²) in [6, 6.07) is 8.62. The van der Waals surface area contributed by atoms with E-state index in [-0.39, 0.29) is 0 Å². The minimum absolute atomic E-state index is 0.477. The Bertz CT molecular complexity index is 514. The third-order valence-electron chi connectivity index (χ3n) is 3.96. The maximum atomic E-state index is 5.16. The van der Waals surface area contributed by atoms with E-state index in [2.05, 4.69) is 41.5 Å². The highest BCUT2D eigenvalue weighted by Crippen LogP contribution is 2.48. The highest BCUT2D eigenvalue weighted by atomic mass is 16.4. The molecule has 0 amide bonds. The summed E-state index contributed by atoms with van der Waals surface area (Å²) in [6.07, 6.45) is 3.99. The Balaban J connectivity index is 1.71. The van der Waals surface area contributed by atoms with Crippen LogP contribution in [0.4, 0.5) is 5.69 Å². The van der Waals surface area contributed by atoms with Crippen LogP contribution in [0.5, 0.6) is 0 Å². The summed E-state index contributed by atoms with van der Waals surface area (Å²) in [5, 5.41) is 11.1. The lowest BCUT2D eigenvalue weighted by Gasteiger charge is -2.21. The van der Waals surface area contributed by atoms with Gasteiger partial charge < -0.3 is 9.73 Å². The molecular formula is C14H17N3O. The van der Waals surface area contributed by atoms with Crippen LogP contribution < -0.4 is 5.32 Å². The van der Waals surface area contributed by atoms with E-state index in [1.54, 1.807) is 0 Å². The Morgan fingerprint density at radius 3 is 2.56 bits per heavy atom. The molecule has 1 aliphatic rings. The lowest BCUT2D eigenvalue weighted by molar-refractivity contribution is 0.493. The number of anilines is 1. The molecule has 1 unspecified atom stereocenters. The lowest BCUT2D eigenvalue weighted by atomic mass is 10.0. The van der Waals surface area contributed by atoms with Crippen molar-refractivity contribution in [2.45, 2.75) is 32.7 Å². The van der Waals surface area contributed by atoms with Crippen molar-refractivity contribution in [3.05, 3.63) is 30.7 Å². The van der Waals surface area contributed by atoms with E-state index in [4.69, 9.17) is 4.42 Å². The molecular weight excluding hydrogens is 226 g/mol. The lowest BCUT2D eigenvalue weighted by Crippen LogP contribution is -2.24. The van der Waals surface area contributed by atoms with Gasteiger partial charge in [-0.1, -0.05) is 6.92 Å². The number of aromatic nitrogens is 2. The fourth-order valence-corrected chi connectivity index (χ4v) is 2.06. The largest absolute Gasteiger partial charge is 0.423 e. The zero-order valence-corrected chi connectivity index (χ0v) is 10.7. The minimum atomic E-state index is 0.477. The van der Waals surface area contributed by atoms with E-state index >= 15 is 0 Å². The van der Waals surface area contributed by atoms with E-state index < -0.39 is 0 Å². The predicted molar refractivity (Wildman–Crippen MR) is 70.2 cm³/mol. The molecule has 0 aliphatic heterocycles. The highest BCUT2D eigenvalue weighted by Gasteiger charge is 2.42. The molecule has 0 bridgehead atoms. The number of hydrogen-bond donors (Lipinski definition) is 1. The van der Waals surface area contributed by atoms with Gasteiger partial charge in [-0.05, 0) is 49.4 Å². The number of rotatable bonds is 4. The zero-order chi connectivity index (χ0) is 12.6. The van der Waals surface area contributed by atoms with Gasteiger partial charge in [-0.2, -0.15) is 0 Å². The van der Waals surface area contributed by atoms with Gasteiger partial charge >= 0.3 is 0 Å². The molecule has 94 valence electrons. The maximum absolute atomic E-state index is 5.16. The van der Waals surface area contributed by atoms with Crippen molar-refractivity contribution in [2.24, 2.45) is 5.41 Å². The van der Waals surface area contributed by atoms with Crippen LogP contribution in [0, 0.1) is 5.41 Å². The molecule has 1 heterocycles. The monoisotopic (exact) mass is 243 g/mol. The van der Waals surface area contributed by atoms with Crippen molar-refractivity contribution >= 4 is 5.69 Å². The van der Waals surface area contributed by atoms with Gasteiger partial charge in [0.05, 0.1) is 0 Å². The van der Waals surface area contributed by atoms with E-state index in [0.29, 0.717) is 17.3 Å². The zero-order valence-electron chi connectivity index (χ0n) is 10.7. The van der Waals surface area contributed by atoms with Gasteiger partial charge in [0.2, 0.25) is 12.3 Å². The molecule has 0 radical (unpaired) electrons. The highest BCUT2D eigenvalue weighted by molar-refractivity contribution is 5.58. The van der Waals surface area contributed by atoms with Crippen LogP contribution in [-0.2, 0) is 0 Å². The van der Waals surface area contributed by atoms with Crippen LogP contribution in [-0.4, -0.2) is 16.2 Å². The average Bonchev–Trinajstić information content (AvgIpc) is 2.94. The molecule has 1 aromatic heterocycles. The molecule has 1 saturated carbocycles. The SMILES string of the molecule is CC(Nc1ccc(-c2nnco2)cc1)C1(C)CC1. The number of hydrogen-bond acceptors (Lipinski definition) is 4. The Morgan fingerprint density at radius 1 is 1.28 bits per heavy atom. The average molecular weight is 243 g/mol. The fourth-order valence-electron chi connectivity index (χ4n) is 2.06. The van der Waals surface area contributed by atoms with Gasteiger partial charge in [0.25, 0.3) is 0 Å². The van der Waals surface area contributed by atoms with Gasteiger partial charge in [-0.15, -0.1) is 10.2 Å². The predicted octanol–water partition coefficient (Wildman–Crippen LogP) is 3.34. The molecule has 2 aromatic rings. The molecule has 4 nitrogen and oxygen atoms in total. The molecule has 18 heavy (non-hydrogen) atoms. The molecule has 1 atom stereocenters. The smallest absolute Gasteiger partial charge is 0.247 e. The summed E-state index contributed by atoms with van der Waals surface area (Å²) >= 11 is 0. The first-order valence-corrected chi connectivity index (χ1v) is 6.30. The van der Waals surface area contributed by atoms with Crippen molar-refractivity contribution in [3.8, 4) is 11.5 Å². The summed E-state index contributed by atoms with van der Waals surface area (Å²) in [6.45, 7) is 4.58. The maximum Gasteiger partial charge on any atom is 0.247 e. The number of nitrogens with one attached hydrogen (secondary N) is 1. The van der Waals surface area contributed by atoms with Crippen molar-refractivity contribution in [1.29, 1.82) is 0 Å². The third kappa shape index (κ3) is 2.10. The molecule has 1 fully saturated rings. The molecule has 0 spiro atoms. The first kappa shape index (κ1) is 11.3. The number of benzene rings is 1. The first-order chi connectivity index (χ1) is 8.67. The second-order valence-electron chi connectivity index (χ2n) is 5.34. The van der Waals surface area contributed by atoms with Gasteiger partial charge in [0.15, 0.2) is 0 Å². The minimum Gasteiger partial charge on any atom is -0.423 e. The summed E-state index contributed by atoms with van der Waals surface area (Å²) in [5.41, 5.74) is 2.56. The molecule has 1 aliphatic carbocycles. The molecule has 4 heteroatoms. The van der Waals surface area contributed by atoms with Crippen LogP contribution in [0.25, 0.3) is 11.5 Å². The van der Waals surface area contributed by atoms with Crippen LogP contribution in [0.3, 0.4) is 0 Å². The van der Waals surface area contributed by atoms with Crippen LogP contribution in [0.2, 0.25) is 0 Å². The van der Waals surface area contributed by atoms with E-state index in [9.17, 15) is 0 Å². The number of nitrogens with zero attached hydrogens (tertiary/aromatic N) is 2. The Labute approximate surface area is 106 Å². The third-order valence-corrected chi connectivity index (χ3v) is 3.96. The summed E-state index contributed by atoms with van der Waals surface area (Å²) in [4.78, 5) is 0. The Hall–Kier alpha value is -1.84. The van der Waals surface area contributed by atoms with E-state index in [0.717, 1.165) is 11.3 Å². The van der Waals surface area contributed by atoms with Gasteiger partial charge in [-0.25, -0.2) is 0 Å². The molecule has 3 rings (SSSR count). The van der Waals surface area contributed by atoms with Gasteiger partial charge in [0, 0.05) is 17.3 Å². The summed E-state index contributed by atoms with van der Waals surface area (Å²) in [7, 11) is 0. The topological polar surface area (TPSA) is 51.0 Å². The van der Waals surface area contributed by atoms with Crippen molar-refractivity contribution in [3.63, 3.8) is 0 Å². The second-order valence-corrected chi connectivity index (χ2v) is 5.34. The van der Waals surface area contributed by atoms with Crippen LogP contribution >= 0.6 is 0 Å². The first-order valence-electron chi connectivity index (χ1n) is 6.30. The quantitative estimate of drug-likeness (QED) is 0.894. The molecule has 0 saturated heterocycles. The summed E-state index contributed by atoms with van der Waals surface area (Å²) in [5.74, 6) is 0.559. The molecule has 1 aromatic carbocycles. The Kier molecular flexibility index (Phi) is 2.58. The van der Waals surface area contributed by atoms with Crippen LogP contribution in [0.1, 0.15) is 26.7 Å². The normalized spacial score (nSPS) is 18.3. The van der Waals surface area contributed by atoms with Crippen molar-refractivity contribution in [1.82, 2.24) is 10.2 Å². The second kappa shape index (κ2) is 4.12. The molecule has 1 N–H and O–H groups in total. The Morgan fingerprint density at radius 2 is 2.00 bits per heavy atom. The van der Waals surface area contributed by atoms with Gasteiger partial charge in [-0.3, -0.25) is 0 Å². The van der Waals surface area contributed by atoms with E-state index in [1.165, 1.54) is 19.2 Å². The van der Waals surface area contributed by atoms with Crippen molar-refractivity contribution in [2.75, 3.05) is 5.32 Å². The van der Waals surface area contributed by atoms with Crippen molar-refractivity contribution < 1.29 is 4.42 Å². The standard InChI is InChI=1S/C14H17N3O/c1-10(14(2)7-8-14)16-12-5-3-11(4-6-12)13-17-15-9-18-13/h3-6,9-10,16H,7-8H2,1-2H3. The van der Waals surface area contributed by atoms with E-state index in [1.807, 2.05) is 12.1 Å².